The summed E-state index contributed by atoms with van der Waals surface area (Å²) >= 11 is 13.5. The summed E-state index contributed by atoms with van der Waals surface area (Å²) < 4.78 is 14.9. The van der Waals surface area contributed by atoms with E-state index in [0.717, 1.165) is 16.5 Å². The van der Waals surface area contributed by atoms with Crippen LogP contribution in [0.25, 0.3) is 17.0 Å². The number of rotatable bonds is 5. The Morgan fingerprint density at radius 3 is 2.67 bits per heavy atom. The van der Waals surface area contributed by atoms with Crippen LogP contribution in [0.15, 0.2) is 82.8 Å². The summed E-state index contributed by atoms with van der Waals surface area (Å²) in [6.07, 6.45) is 3.58. The second kappa shape index (κ2) is 10.2. The van der Waals surface area contributed by atoms with E-state index in [-0.39, 0.29) is 24.2 Å². The molecule has 0 bridgehead atoms. The molecule has 1 aliphatic heterocycles. The Labute approximate surface area is 219 Å². The first-order valence-corrected chi connectivity index (χ1v) is 12.3. The van der Waals surface area contributed by atoms with Gasteiger partial charge in [0.1, 0.15) is 12.4 Å². The molecule has 2 amide bonds. The number of benzene rings is 3. The zero-order chi connectivity index (χ0) is 25.2. The van der Waals surface area contributed by atoms with Crippen LogP contribution in [-0.4, -0.2) is 21.5 Å². The number of aromatic nitrogens is 1. The van der Waals surface area contributed by atoms with Crippen molar-refractivity contribution in [3.05, 3.63) is 99.3 Å². The van der Waals surface area contributed by atoms with Gasteiger partial charge in [-0.05, 0) is 60.3 Å². The fourth-order valence-corrected chi connectivity index (χ4v) is 4.88. The highest BCUT2D eigenvalue weighted by atomic mass is 35.5. The number of carbonyl (C=O) groups is 2. The van der Waals surface area contributed by atoms with Crippen molar-refractivity contribution in [2.75, 3.05) is 5.32 Å². The molecule has 36 heavy (non-hydrogen) atoms. The highest BCUT2D eigenvalue weighted by molar-refractivity contribution is 8.18. The van der Waals surface area contributed by atoms with E-state index in [0.29, 0.717) is 31.5 Å². The lowest BCUT2D eigenvalue weighted by atomic mass is 10.1. The highest BCUT2D eigenvalue weighted by Gasteiger charge is 2.25. The van der Waals surface area contributed by atoms with Crippen molar-refractivity contribution in [1.82, 2.24) is 9.88 Å². The quantitative estimate of drug-likeness (QED) is 0.280. The predicted octanol–water partition coefficient (Wildman–Crippen LogP) is 6.62. The summed E-state index contributed by atoms with van der Waals surface area (Å²) in [4.78, 5) is 30.2. The molecule has 3 aromatic carbocycles. The summed E-state index contributed by atoms with van der Waals surface area (Å²) in [6, 6.07) is 18.3. The fourth-order valence-electron chi connectivity index (χ4n) is 3.72. The minimum absolute atomic E-state index is 0.0420. The second-order valence-corrected chi connectivity index (χ2v) is 9.66. The lowest BCUT2D eigenvalue weighted by Gasteiger charge is -2.07. The molecule has 5 rings (SSSR count). The maximum absolute atomic E-state index is 13.1. The number of hydrogen-bond acceptors (Lipinski definition) is 4. The molecule has 2 heterocycles. The third kappa shape index (κ3) is 5.16. The van der Waals surface area contributed by atoms with Gasteiger partial charge in [0.25, 0.3) is 5.91 Å². The van der Waals surface area contributed by atoms with Crippen LogP contribution in [0.5, 0.6) is 0 Å². The number of amidine groups is 1. The minimum atomic E-state index is -0.375. The Hall–Kier alpha value is -3.59. The zero-order valence-corrected chi connectivity index (χ0v) is 20.8. The number of fused-ring (bicyclic) bond motifs is 1. The van der Waals surface area contributed by atoms with E-state index < -0.39 is 0 Å². The van der Waals surface area contributed by atoms with Gasteiger partial charge in [-0.15, -0.1) is 0 Å². The number of anilines is 1. The summed E-state index contributed by atoms with van der Waals surface area (Å²) in [6.45, 7) is 0.0420. The lowest BCUT2D eigenvalue weighted by Crippen LogP contribution is -2.19. The molecule has 10 heteroatoms. The van der Waals surface area contributed by atoms with Crippen molar-refractivity contribution >= 4 is 80.3 Å². The molecule has 2 N–H and O–H groups in total. The van der Waals surface area contributed by atoms with Gasteiger partial charge in [0, 0.05) is 28.4 Å². The van der Waals surface area contributed by atoms with Crippen LogP contribution in [0.2, 0.25) is 10.0 Å². The monoisotopic (exact) mass is 538 g/mol. The van der Waals surface area contributed by atoms with Crippen molar-refractivity contribution in [3.63, 3.8) is 0 Å². The van der Waals surface area contributed by atoms with E-state index in [9.17, 15) is 14.0 Å². The van der Waals surface area contributed by atoms with Crippen LogP contribution in [-0.2, 0) is 16.1 Å². The first-order chi connectivity index (χ1) is 17.4. The topological polar surface area (TPSA) is 75.5 Å². The second-order valence-electron chi connectivity index (χ2n) is 7.84. The van der Waals surface area contributed by atoms with Crippen LogP contribution in [0, 0.1) is 5.82 Å². The van der Waals surface area contributed by atoms with Crippen molar-refractivity contribution in [1.29, 1.82) is 0 Å². The molecule has 0 atom stereocenters. The fraction of sp³-hybridized carbons (Fsp3) is 0.0385. The number of nitrogens with one attached hydrogen (secondary N) is 2. The van der Waals surface area contributed by atoms with Gasteiger partial charge in [-0.2, -0.15) is 0 Å². The van der Waals surface area contributed by atoms with E-state index in [1.54, 1.807) is 28.8 Å². The average molecular weight is 539 g/mol. The largest absolute Gasteiger partial charge is 0.337 e. The van der Waals surface area contributed by atoms with Crippen molar-refractivity contribution in [2.45, 2.75) is 6.54 Å². The Morgan fingerprint density at radius 1 is 1.08 bits per heavy atom. The molecule has 0 spiro atoms. The van der Waals surface area contributed by atoms with Crippen molar-refractivity contribution in [3.8, 4) is 0 Å². The normalized spacial score (nSPS) is 15.6. The zero-order valence-electron chi connectivity index (χ0n) is 18.5. The maximum Gasteiger partial charge on any atom is 0.264 e. The average Bonchev–Trinajstić information content (AvgIpc) is 3.38. The number of hydrogen-bond donors (Lipinski definition) is 2. The Bertz CT molecular complexity index is 1560. The Kier molecular flexibility index (Phi) is 6.82. The van der Waals surface area contributed by atoms with Crippen LogP contribution < -0.4 is 10.6 Å². The molecule has 4 aromatic rings. The summed E-state index contributed by atoms with van der Waals surface area (Å²) in [5.41, 5.74) is 2.57. The molecule has 6 nitrogen and oxygen atoms in total. The number of nitrogens with zero attached hydrogens (tertiary/aromatic N) is 2. The number of halogens is 3. The van der Waals surface area contributed by atoms with Crippen LogP contribution in [0.1, 0.15) is 5.56 Å². The van der Waals surface area contributed by atoms with E-state index in [1.807, 2.05) is 30.5 Å². The van der Waals surface area contributed by atoms with Gasteiger partial charge < -0.3 is 15.2 Å². The van der Waals surface area contributed by atoms with E-state index in [4.69, 9.17) is 23.2 Å². The molecule has 0 saturated carbocycles. The first-order valence-electron chi connectivity index (χ1n) is 10.7. The number of thioether (sulfide) groups is 1. The third-order valence-electron chi connectivity index (χ3n) is 5.35. The molecular weight excluding hydrogens is 522 g/mol. The molecule has 0 aliphatic carbocycles. The van der Waals surface area contributed by atoms with Gasteiger partial charge in [0.15, 0.2) is 5.17 Å². The Morgan fingerprint density at radius 2 is 1.86 bits per heavy atom. The smallest absolute Gasteiger partial charge is 0.264 e. The van der Waals surface area contributed by atoms with Gasteiger partial charge >= 0.3 is 0 Å². The minimum Gasteiger partial charge on any atom is -0.337 e. The lowest BCUT2D eigenvalue weighted by molar-refractivity contribution is -0.117. The summed E-state index contributed by atoms with van der Waals surface area (Å²) in [5.74, 6) is -0.926. The summed E-state index contributed by atoms with van der Waals surface area (Å²) in [7, 11) is 0. The molecule has 180 valence electrons. The SMILES string of the molecule is O=C(Cn1cc(/C=C2/SC(=Nc3cccc(Cl)c3Cl)NC2=O)c2ccccc21)Nc1ccc(F)cc1. The van der Waals surface area contributed by atoms with Gasteiger partial charge in [-0.25, -0.2) is 9.38 Å². The molecule has 1 aromatic heterocycles. The van der Waals surface area contributed by atoms with Gasteiger partial charge in [-0.1, -0.05) is 47.5 Å². The van der Waals surface area contributed by atoms with Crippen molar-refractivity contribution < 1.29 is 14.0 Å². The maximum atomic E-state index is 13.1. The number of para-hydroxylation sites is 1. The van der Waals surface area contributed by atoms with Crippen LogP contribution in [0.4, 0.5) is 15.8 Å². The van der Waals surface area contributed by atoms with Crippen LogP contribution in [0.3, 0.4) is 0 Å². The molecular formula is C26H17Cl2FN4O2S. The Balaban J connectivity index is 1.40. The predicted molar refractivity (Wildman–Crippen MR) is 144 cm³/mol. The highest BCUT2D eigenvalue weighted by Crippen LogP contribution is 2.35. The molecule has 1 aliphatic rings. The standard InChI is InChI=1S/C26H17Cl2FN4O2S/c27-19-5-3-6-20(24(19)28)31-26-32-25(35)22(36-26)12-15-13-33(21-7-2-1-4-18(15)21)14-23(34)30-17-10-8-16(29)9-11-17/h1-13H,14H2,(H,30,34)(H,31,32,35)/b22-12+. The number of carbonyl (C=O) groups excluding carboxylic acids is 2. The van der Waals surface area contributed by atoms with Crippen LogP contribution >= 0.6 is 35.0 Å². The first kappa shape index (κ1) is 24.1. The molecule has 1 fully saturated rings. The van der Waals surface area contributed by atoms with Gasteiger partial charge in [-0.3, -0.25) is 9.59 Å². The number of aliphatic imine (C=N–C) groups is 1. The van der Waals surface area contributed by atoms with Crippen molar-refractivity contribution in [2.24, 2.45) is 4.99 Å². The van der Waals surface area contributed by atoms with Gasteiger partial charge in [0.2, 0.25) is 5.91 Å². The molecule has 1 saturated heterocycles. The van der Waals surface area contributed by atoms with E-state index >= 15 is 0 Å². The van der Waals surface area contributed by atoms with Gasteiger partial charge in [0.05, 0.1) is 20.6 Å². The number of amides is 2. The third-order valence-corrected chi connectivity index (χ3v) is 7.07. The van der Waals surface area contributed by atoms with E-state index in [2.05, 4.69) is 15.6 Å². The van der Waals surface area contributed by atoms with E-state index in [1.165, 1.54) is 36.0 Å². The summed E-state index contributed by atoms with van der Waals surface area (Å²) in [5, 5.41) is 7.46. The molecule has 0 unspecified atom stereocenters. The molecule has 0 radical (unpaired) electrons.